The number of guanidine groups is 1. The maximum absolute atomic E-state index is 12.1. The minimum Gasteiger partial charge on any atom is -0.375 e. The second-order valence-corrected chi connectivity index (χ2v) is 6.89. The van der Waals surface area contributed by atoms with E-state index in [0.717, 1.165) is 44.9 Å². The van der Waals surface area contributed by atoms with Gasteiger partial charge in [0, 0.05) is 33.3 Å². The Balaban J connectivity index is 1.39. The number of hydrogen-bond acceptors (Lipinski definition) is 4. The summed E-state index contributed by atoms with van der Waals surface area (Å²) in [6, 6.07) is 10.1. The van der Waals surface area contributed by atoms with Gasteiger partial charge in [0.25, 0.3) is 0 Å². The highest BCUT2D eigenvalue weighted by atomic mass is 16.5. The minimum atomic E-state index is -0.0315. The van der Waals surface area contributed by atoms with E-state index in [2.05, 4.69) is 32.7 Å². The van der Waals surface area contributed by atoms with E-state index in [-0.39, 0.29) is 24.7 Å². The van der Waals surface area contributed by atoms with Crippen molar-refractivity contribution in [1.29, 1.82) is 0 Å². The first-order valence-electron chi connectivity index (χ1n) is 9.75. The molecule has 2 aliphatic rings. The lowest BCUT2D eigenvalue weighted by molar-refractivity contribution is -0.120. The van der Waals surface area contributed by atoms with Crippen LogP contribution in [0.5, 0.6) is 0 Å². The Labute approximate surface area is 161 Å². The second-order valence-electron chi connectivity index (χ2n) is 6.89. The molecule has 3 rings (SSSR count). The Morgan fingerprint density at radius 1 is 1.19 bits per heavy atom. The summed E-state index contributed by atoms with van der Waals surface area (Å²) in [7, 11) is 1.74. The lowest BCUT2D eigenvalue weighted by Gasteiger charge is -2.37. The summed E-state index contributed by atoms with van der Waals surface area (Å²) in [4.78, 5) is 18.6. The van der Waals surface area contributed by atoms with Crippen molar-refractivity contribution in [2.24, 2.45) is 4.99 Å². The predicted molar refractivity (Wildman–Crippen MR) is 105 cm³/mol. The summed E-state index contributed by atoms with van der Waals surface area (Å²) in [5, 5.41) is 6.11. The van der Waals surface area contributed by atoms with E-state index in [1.54, 1.807) is 7.05 Å². The van der Waals surface area contributed by atoms with Crippen LogP contribution in [-0.4, -0.2) is 75.4 Å². The Morgan fingerprint density at radius 2 is 2.00 bits per heavy atom. The fourth-order valence-corrected chi connectivity index (χ4v) is 3.53. The topological polar surface area (TPSA) is 75.2 Å². The average molecular weight is 374 g/mol. The van der Waals surface area contributed by atoms with Gasteiger partial charge in [-0.05, 0) is 24.8 Å². The number of ether oxygens (including phenoxy) is 2. The first-order valence-corrected chi connectivity index (χ1v) is 9.75. The van der Waals surface area contributed by atoms with Gasteiger partial charge in [0.15, 0.2) is 5.96 Å². The zero-order valence-corrected chi connectivity index (χ0v) is 16.0. The molecule has 2 aliphatic heterocycles. The van der Waals surface area contributed by atoms with E-state index in [1.165, 1.54) is 5.56 Å². The molecule has 2 saturated heterocycles. The zero-order chi connectivity index (χ0) is 18.9. The van der Waals surface area contributed by atoms with Crippen LogP contribution in [-0.2, 0) is 20.7 Å². The molecule has 0 bridgehead atoms. The summed E-state index contributed by atoms with van der Waals surface area (Å²) >= 11 is 0. The van der Waals surface area contributed by atoms with E-state index in [1.807, 2.05) is 18.2 Å². The highest BCUT2D eigenvalue weighted by Crippen LogP contribution is 2.20. The third-order valence-corrected chi connectivity index (χ3v) is 4.97. The molecular formula is C20H30N4O3. The van der Waals surface area contributed by atoms with Gasteiger partial charge in [0.1, 0.15) is 6.10 Å². The van der Waals surface area contributed by atoms with E-state index >= 15 is 0 Å². The van der Waals surface area contributed by atoms with Crippen LogP contribution in [0.4, 0.5) is 0 Å². The highest BCUT2D eigenvalue weighted by molar-refractivity contribution is 5.86. The Hall–Kier alpha value is -2.12. The maximum Gasteiger partial charge on any atom is 0.239 e. The monoisotopic (exact) mass is 374 g/mol. The molecule has 7 heteroatoms. The number of morpholine rings is 1. The van der Waals surface area contributed by atoms with Crippen molar-refractivity contribution in [3.63, 3.8) is 0 Å². The van der Waals surface area contributed by atoms with Gasteiger partial charge in [-0.2, -0.15) is 0 Å². The van der Waals surface area contributed by atoms with Crippen LogP contribution in [0.15, 0.2) is 35.3 Å². The quantitative estimate of drug-likeness (QED) is 0.569. The third-order valence-electron chi connectivity index (χ3n) is 4.97. The molecule has 2 heterocycles. The molecule has 148 valence electrons. The molecule has 0 radical (unpaired) electrons. The largest absolute Gasteiger partial charge is 0.375 e. The first kappa shape index (κ1) is 19.6. The lowest BCUT2D eigenvalue weighted by Crippen LogP contribution is -2.54. The van der Waals surface area contributed by atoms with E-state index in [9.17, 15) is 4.79 Å². The van der Waals surface area contributed by atoms with Crippen LogP contribution < -0.4 is 10.6 Å². The smallest absolute Gasteiger partial charge is 0.239 e. The van der Waals surface area contributed by atoms with Crippen molar-refractivity contribution in [3.05, 3.63) is 35.9 Å². The number of nitrogens with zero attached hydrogens (tertiary/aromatic N) is 2. The van der Waals surface area contributed by atoms with Crippen LogP contribution >= 0.6 is 0 Å². The summed E-state index contributed by atoms with van der Waals surface area (Å²) in [5.41, 5.74) is 1.22. The fraction of sp³-hybridized carbons (Fsp3) is 0.600. The van der Waals surface area contributed by atoms with Gasteiger partial charge in [-0.3, -0.25) is 9.79 Å². The number of aliphatic imine (C=N–C) groups is 1. The summed E-state index contributed by atoms with van der Waals surface area (Å²) in [6.45, 7) is 3.80. The zero-order valence-electron chi connectivity index (χ0n) is 16.0. The van der Waals surface area contributed by atoms with Crippen molar-refractivity contribution in [2.75, 3.05) is 46.4 Å². The SMILES string of the molecule is CN=C(NCC(=O)NCCc1ccccc1)N1CCOC(C2CCCO2)C1. The molecule has 0 aliphatic carbocycles. The van der Waals surface area contributed by atoms with E-state index in [4.69, 9.17) is 9.47 Å². The molecule has 2 fully saturated rings. The van der Waals surface area contributed by atoms with Crippen molar-refractivity contribution in [3.8, 4) is 0 Å². The standard InChI is InChI=1S/C20H30N4O3/c1-21-20(24-11-13-27-18(15-24)17-8-5-12-26-17)23-14-19(25)22-10-9-16-6-3-2-4-7-16/h2-4,6-7,17-18H,5,8-15H2,1H3,(H,21,23)(H,22,25). The van der Waals surface area contributed by atoms with Crippen LogP contribution in [0.3, 0.4) is 0 Å². The Kier molecular flexibility index (Phi) is 7.47. The van der Waals surface area contributed by atoms with Crippen molar-refractivity contribution in [2.45, 2.75) is 31.5 Å². The number of benzene rings is 1. The van der Waals surface area contributed by atoms with Gasteiger partial charge >= 0.3 is 0 Å². The molecule has 2 atom stereocenters. The average Bonchev–Trinajstić information content (AvgIpc) is 3.24. The number of rotatable bonds is 6. The van der Waals surface area contributed by atoms with Crippen molar-refractivity contribution < 1.29 is 14.3 Å². The lowest BCUT2D eigenvalue weighted by atomic mass is 10.1. The minimum absolute atomic E-state index is 0.0315. The Bertz CT molecular complexity index is 617. The molecule has 0 saturated carbocycles. The molecule has 1 aromatic carbocycles. The van der Waals surface area contributed by atoms with Gasteiger partial charge in [-0.25, -0.2) is 0 Å². The summed E-state index contributed by atoms with van der Waals surface area (Å²) in [6.07, 6.45) is 3.22. The van der Waals surface area contributed by atoms with Crippen molar-refractivity contribution in [1.82, 2.24) is 15.5 Å². The Morgan fingerprint density at radius 3 is 2.74 bits per heavy atom. The molecule has 1 amide bonds. The van der Waals surface area contributed by atoms with Crippen LogP contribution in [0.1, 0.15) is 18.4 Å². The van der Waals surface area contributed by atoms with Crippen molar-refractivity contribution >= 4 is 11.9 Å². The molecule has 7 nitrogen and oxygen atoms in total. The molecule has 0 spiro atoms. The number of carbonyl (C=O) groups is 1. The molecule has 2 N–H and O–H groups in total. The van der Waals surface area contributed by atoms with Gasteiger partial charge in [-0.15, -0.1) is 0 Å². The number of carbonyl (C=O) groups excluding carboxylic acids is 1. The van der Waals surface area contributed by atoms with Crippen LogP contribution in [0.2, 0.25) is 0 Å². The summed E-state index contributed by atoms with van der Waals surface area (Å²) < 4.78 is 11.6. The van der Waals surface area contributed by atoms with E-state index < -0.39 is 0 Å². The van der Waals surface area contributed by atoms with Crippen LogP contribution in [0.25, 0.3) is 0 Å². The molecular weight excluding hydrogens is 344 g/mol. The van der Waals surface area contributed by atoms with Gasteiger partial charge in [-0.1, -0.05) is 30.3 Å². The normalized spacial score (nSPS) is 23.3. The first-order chi connectivity index (χ1) is 13.3. The predicted octanol–water partition coefficient (Wildman–Crippen LogP) is 0.801. The number of amides is 1. The van der Waals surface area contributed by atoms with E-state index in [0.29, 0.717) is 13.2 Å². The fourth-order valence-electron chi connectivity index (χ4n) is 3.53. The molecule has 27 heavy (non-hydrogen) atoms. The number of hydrogen-bond donors (Lipinski definition) is 2. The molecule has 1 aromatic rings. The molecule has 0 aromatic heterocycles. The highest BCUT2D eigenvalue weighted by Gasteiger charge is 2.32. The van der Waals surface area contributed by atoms with Crippen LogP contribution in [0, 0.1) is 0 Å². The maximum atomic E-state index is 12.1. The number of nitrogens with one attached hydrogen (secondary N) is 2. The van der Waals surface area contributed by atoms with Gasteiger partial charge in [0.05, 0.1) is 19.3 Å². The third kappa shape index (κ3) is 5.94. The molecule has 2 unspecified atom stereocenters. The van der Waals surface area contributed by atoms with Gasteiger partial charge in [0.2, 0.25) is 5.91 Å². The second kappa shape index (κ2) is 10.3. The summed E-state index contributed by atoms with van der Waals surface area (Å²) in [5.74, 6) is 0.704. The van der Waals surface area contributed by atoms with Gasteiger partial charge < -0.3 is 25.0 Å².